The van der Waals surface area contributed by atoms with Crippen molar-refractivity contribution in [3.8, 4) is 0 Å². The molecule has 0 bridgehead atoms. The van der Waals surface area contributed by atoms with Crippen LogP contribution in [0.2, 0.25) is 0 Å². The molecular formula is C9H17N3O. The number of aromatic nitrogens is 2. The Bertz CT molecular complexity index is 245. The van der Waals surface area contributed by atoms with Crippen LogP contribution in [0.25, 0.3) is 0 Å². The molecule has 0 amide bonds. The van der Waals surface area contributed by atoms with E-state index in [-0.39, 0.29) is 6.10 Å². The molecule has 4 nitrogen and oxygen atoms in total. The smallest absolute Gasteiger partial charge is 0.103 e. The van der Waals surface area contributed by atoms with Gasteiger partial charge in [-0.2, -0.15) is 0 Å². The van der Waals surface area contributed by atoms with Gasteiger partial charge in [0.1, 0.15) is 5.82 Å². The van der Waals surface area contributed by atoms with Crippen molar-refractivity contribution in [2.24, 2.45) is 0 Å². The largest absolute Gasteiger partial charge is 0.393 e. The molecule has 0 fully saturated rings. The number of aromatic amines is 1. The highest BCUT2D eigenvalue weighted by atomic mass is 16.3. The first-order valence-electron chi connectivity index (χ1n) is 4.57. The summed E-state index contributed by atoms with van der Waals surface area (Å²) in [4.78, 5) is 7.21. The van der Waals surface area contributed by atoms with Gasteiger partial charge >= 0.3 is 0 Å². The van der Waals surface area contributed by atoms with Crippen LogP contribution in [-0.4, -0.2) is 27.7 Å². The van der Waals surface area contributed by atoms with E-state index in [0.29, 0.717) is 0 Å². The van der Waals surface area contributed by atoms with Crippen molar-refractivity contribution in [3.05, 3.63) is 17.7 Å². The number of nitrogens with one attached hydrogen (secondary N) is 2. The topological polar surface area (TPSA) is 60.9 Å². The third-order valence-electron chi connectivity index (χ3n) is 1.81. The van der Waals surface area contributed by atoms with Crippen LogP contribution in [0.15, 0.2) is 6.20 Å². The van der Waals surface area contributed by atoms with Crippen LogP contribution in [0.5, 0.6) is 0 Å². The van der Waals surface area contributed by atoms with Gasteiger partial charge in [0.2, 0.25) is 0 Å². The van der Waals surface area contributed by atoms with Gasteiger partial charge in [-0.3, -0.25) is 0 Å². The van der Waals surface area contributed by atoms with Gasteiger partial charge < -0.3 is 15.4 Å². The summed E-state index contributed by atoms with van der Waals surface area (Å²) in [6.45, 7) is 5.34. The minimum absolute atomic E-state index is 0.226. The second-order valence-electron chi connectivity index (χ2n) is 3.31. The lowest BCUT2D eigenvalue weighted by molar-refractivity contribution is 0.183. The molecule has 0 aliphatic heterocycles. The fraction of sp³-hybridized carbons (Fsp3) is 0.667. The minimum atomic E-state index is -0.226. The van der Waals surface area contributed by atoms with Crippen LogP contribution in [0.3, 0.4) is 0 Å². The van der Waals surface area contributed by atoms with Gasteiger partial charge in [-0.15, -0.1) is 0 Å². The zero-order valence-electron chi connectivity index (χ0n) is 8.17. The van der Waals surface area contributed by atoms with E-state index < -0.39 is 0 Å². The fourth-order valence-corrected chi connectivity index (χ4v) is 1.10. The molecule has 0 saturated carbocycles. The van der Waals surface area contributed by atoms with Gasteiger partial charge in [-0.25, -0.2) is 4.98 Å². The maximum atomic E-state index is 8.99. The van der Waals surface area contributed by atoms with Gasteiger partial charge in [0.25, 0.3) is 0 Å². The maximum Gasteiger partial charge on any atom is 0.103 e. The number of hydrogen-bond acceptors (Lipinski definition) is 3. The lowest BCUT2D eigenvalue weighted by atomic mass is 10.3. The first kappa shape index (κ1) is 10.2. The molecule has 4 heteroatoms. The molecule has 1 unspecified atom stereocenters. The third-order valence-corrected chi connectivity index (χ3v) is 1.81. The number of H-pyrrole nitrogens is 1. The highest BCUT2D eigenvalue weighted by Crippen LogP contribution is 1.94. The van der Waals surface area contributed by atoms with Gasteiger partial charge in [0.05, 0.1) is 6.10 Å². The van der Waals surface area contributed by atoms with Crippen molar-refractivity contribution in [1.29, 1.82) is 0 Å². The van der Waals surface area contributed by atoms with E-state index in [4.69, 9.17) is 5.11 Å². The predicted octanol–water partition coefficient (Wildman–Crippen LogP) is 0.579. The van der Waals surface area contributed by atoms with Gasteiger partial charge in [0, 0.05) is 18.4 Å². The highest BCUT2D eigenvalue weighted by Gasteiger charge is 1.97. The molecule has 1 aromatic heterocycles. The predicted molar refractivity (Wildman–Crippen MR) is 51.3 cm³/mol. The Labute approximate surface area is 78.4 Å². The third kappa shape index (κ3) is 4.05. The molecule has 0 saturated heterocycles. The summed E-state index contributed by atoms with van der Waals surface area (Å²) in [6, 6.07) is 0. The molecule has 0 radical (unpaired) electrons. The molecule has 1 heterocycles. The Morgan fingerprint density at radius 2 is 2.46 bits per heavy atom. The average Bonchev–Trinajstić information content (AvgIpc) is 2.45. The van der Waals surface area contributed by atoms with Crippen LogP contribution >= 0.6 is 0 Å². The summed E-state index contributed by atoms with van der Waals surface area (Å²) in [5.74, 6) is 0.937. The Morgan fingerprint density at radius 1 is 1.69 bits per heavy atom. The summed E-state index contributed by atoms with van der Waals surface area (Å²) >= 11 is 0. The molecule has 0 aliphatic rings. The maximum absolute atomic E-state index is 8.99. The SMILES string of the molecule is Cc1ncc(CNCCC(C)O)[nH]1. The molecule has 0 aromatic carbocycles. The zero-order chi connectivity index (χ0) is 9.68. The molecular weight excluding hydrogens is 166 g/mol. The molecule has 1 aromatic rings. The molecule has 13 heavy (non-hydrogen) atoms. The Hall–Kier alpha value is -0.870. The van der Waals surface area contributed by atoms with Crippen molar-refractivity contribution >= 4 is 0 Å². The highest BCUT2D eigenvalue weighted by molar-refractivity contribution is 4.98. The molecule has 74 valence electrons. The summed E-state index contributed by atoms with van der Waals surface area (Å²) in [6.07, 6.45) is 2.38. The molecule has 0 aliphatic carbocycles. The Morgan fingerprint density at radius 3 is 3.00 bits per heavy atom. The number of hydrogen-bond donors (Lipinski definition) is 3. The van der Waals surface area contributed by atoms with E-state index in [2.05, 4.69) is 15.3 Å². The van der Waals surface area contributed by atoms with Crippen LogP contribution in [0, 0.1) is 6.92 Å². The first-order valence-corrected chi connectivity index (χ1v) is 4.57. The average molecular weight is 183 g/mol. The fourth-order valence-electron chi connectivity index (χ4n) is 1.10. The normalized spacial score (nSPS) is 13.2. The number of aliphatic hydroxyl groups excluding tert-OH is 1. The van der Waals surface area contributed by atoms with Crippen molar-refractivity contribution in [2.75, 3.05) is 6.54 Å². The van der Waals surface area contributed by atoms with E-state index in [9.17, 15) is 0 Å². The van der Waals surface area contributed by atoms with Crippen LogP contribution in [0.1, 0.15) is 24.9 Å². The number of rotatable bonds is 5. The van der Waals surface area contributed by atoms with Crippen molar-refractivity contribution in [3.63, 3.8) is 0 Å². The summed E-state index contributed by atoms with van der Waals surface area (Å²) in [7, 11) is 0. The van der Waals surface area contributed by atoms with Gasteiger partial charge in [0.15, 0.2) is 0 Å². The summed E-state index contributed by atoms with van der Waals surface area (Å²) in [5, 5.41) is 12.2. The standard InChI is InChI=1S/C9H17N3O/c1-7(13)3-4-10-5-9-6-11-8(2)12-9/h6-7,10,13H,3-5H2,1-2H3,(H,11,12). The monoisotopic (exact) mass is 183 g/mol. The van der Waals surface area contributed by atoms with Gasteiger partial charge in [-0.05, 0) is 26.8 Å². The Balaban J connectivity index is 2.13. The van der Waals surface area contributed by atoms with E-state index in [0.717, 1.165) is 31.0 Å². The second kappa shape index (κ2) is 4.99. The first-order chi connectivity index (χ1) is 6.18. The number of nitrogens with zero attached hydrogens (tertiary/aromatic N) is 1. The zero-order valence-corrected chi connectivity index (χ0v) is 8.17. The van der Waals surface area contributed by atoms with E-state index >= 15 is 0 Å². The van der Waals surface area contributed by atoms with E-state index in [1.807, 2.05) is 13.1 Å². The molecule has 0 spiro atoms. The molecule has 3 N–H and O–H groups in total. The number of aliphatic hydroxyl groups is 1. The lowest BCUT2D eigenvalue weighted by Crippen LogP contribution is -2.18. The second-order valence-corrected chi connectivity index (χ2v) is 3.31. The summed E-state index contributed by atoms with van der Waals surface area (Å²) in [5.41, 5.74) is 1.09. The molecule has 1 atom stereocenters. The number of imidazole rings is 1. The summed E-state index contributed by atoms with van der Waals surface area (Å²) < 4.78 is 0. The van der Waals surface area contributed by atoms with Crippen molar-refractivity contribution in [2.45, 2.75) is 32.9 Å². The molecule has 1 rings (SSSR count). The van der Waals surface area contributed by atoms with Crippen molar-refractivity contribution in [1.82, 2.24) is 15.3 Å². The van der Waals surface area contributed by atoms with E-state index in [1.165, 1.54) is 0 Å². The minimum Gasteiger partial charge on any atom is -0.393 e. The van der Waals surface area contributed by atoms with Crippen LogP contribution in [-0.2, 0) is 6.54 Å². The Kier molecular flexibility index (Phi) is 3.92. The number of aryl methyl sites for hydroxylation is 1. The lowest BCUT2D eigenvalue weighted by Gasteiger charge is -2.04. The van der Waals surface area contributed by atoms with Crippen LogP contribution < -0.4 is 5.32 Å². The van der Waals surface area contributed by atoms with Crippen LogP contribution in [0.4, 0.5) is 0 Å². The van der Waals surface area contributed by atoms with E-state index in [1.54, 1.807) is 6.92 Å². The van der Waals surface area contributed by atoms with Gasteiger partial charge in [-0.1, -0.05) is 0 Å². The quantitative estimate of drug-likeness (QED) is 0.585. The van der Waals surface area contributed by atoms with Crippen molar-refractivity contribution < 1.29 is 5.11 Å².